The number of hydrogen-bond acceptors (Lipinski definition) is 5. The molecule has 0 saturated carbocycles. The van der Waals surface area contributed by atoms with Crippen LogP contribution in [0.3, 0.4) is 0 Å². The quantitative estimate of drug-likeness (QED) is 0.859. The van der Waals surface area contributed by atoms with Crippen molar-refractivity contribution in [2.24, 2.45) is 0 Å². The zero-order valence-electron chi connectivity index (χ0n) is 10.6. The Hall–Kier alpha value is -2.14. The van der Waals surface area contributed by atoms with Crippen LogP contribution in [0.25, 0.3) is 0 Å². The average molecular weight is 293 g/mol. The highest BCUT2D eigenvalue weighted by Gasteiger charge is 2.13. The minimum Gasteiger partial charge on any atom is -0.492 e. The summed E-state index contributed by atoms with van der Waals surface area (Å²) in [4.78, 5) is 3.93. The van der Waals surface area contributed by atoms with Gasteiger partial charge >= 0.3 is 0 Å². The SMILES string of the molecule is Clc1cnccc1NCCOc1ccc2c(c1)OCO2. The number of nitrogens with zero attached hydrogens (tertiary/aromatic N) is 1. The predicted molar refractivity (Wildman–Crippen MR) is 75.8 cm³/mol. The summed E-state index contributed by atoms with van der Waals surface area (Å²) in [5.74, 6) is 2.21. The minimum absolute atomic E-state index is 0.265. The number of hydrogen-bond donors (Lipinski definition) is 1. The van der Waals surface area contributed by atoms with Gasteiger partial charge < -0.3 is 19.5 Å². The normalized spacial score (nSPS) is 12.2. The lowest BCUT2D eigenvalue weighted by atomic mass is 10.3. The Bertz CT molecular complexity index is 607. The van der Waals surface area contributed by atoms with Gasteiger partial charge in [-0.2, -0.15) is 0 Å². The van der Waals surface area contributed by atoms with E-state index in [4.69, 9.17) is 25.8 Å². The summed E-state index contributed by atoms with van der Waals surface area (Å²) in [5.41, 5.74) is 0.843. The summed E-state index contributed by atoms with van der Waals surface area (Å²) in [7, 11) is 0. The summed E-state index contributed by atoms with van der Waals surface area (Å²) in [6.45, 7) is 1.41. The second-order valence-electron chi connectivity index (χ2n) is 4.15. The van der Waals surface area contributed by atoms with Gasteiger partial charge in [0.05, 0.1) is 10.7 Å². The molecule has 2 aromatic rings. The van der Waals surface area contributed by atoms with E-state index in [2.05, 4.69) is 10.3 Å². The molecule has 3 rings (SSSR count). The fourth-order valence-electron chi connectivity index (χ4n) is 1.84. The van der Waals surface area contributed by atoms with Gasteiger partial charge in [0.2, 0.25) is 6.79 Å². The Morgan fingerprint density at radius 1 is 1.25 bits per heavy atom. The number of halogens is 1. The maximum atomic E-state index is 5.99. The fourth-order valence-corrected chi connectivity index (χ4v) is 2.03. The van der Waals surface area contributed by atoms with Gasteiger partial charge in [-0.3, -0.25) is 4.98 Å². The predicted octanol–water partition coefficient (Wildman–Crippen LogP) is 2.95. The topological polar surface area (TPSA) is 52.6 Å². The number of ether oxygens (including phenoxy) is 3. The summed E-state index contributed by atoms with van der Waals surface area (Å²) in [6.07, 6.45) is 3.29. The van der Waals surface area contributed by atoms with Crippen molar-refractivity contribution in [3.05, 3.63) is 41.7 Å². The van der Waals surface area contributed by atoms with Crippen LogP contribution in [0, 0.1) is 0 Å². The molecule has 0 spiro atoms. The molecule has 1 N–H and O–H groups in total. The molecule has 1 aromatic carbocycles. The smallest absolute Gasteiger partial charge is 0.231 e. The van der Waals surface area contributed by atoms with Crippen molar-refractivity contribution >= 4 is 17.3 Å². The van der Waals surface area contributed by atoms with Crippen LogP contribution in [0.5, 0.6) is 17.2 Å². The van der Waals surface area contributed by atoms with Crippen molar-refractivity contribution in [3.63, 3.8) is 0 Å². The summed E-state index contributed by atoms with van der Waals surface area (Å²) < 4.78 is 16.2. The summed E-state index contributed by atoms with van der Waals surface area (Å²) in [5, 5.41) is 3.78. The second kappa shape index (κ2) is 5.88. The Morgan fingerprint density at radius 2 is 2.15 bits per heavy atom. The molecule has 1 aromatic heterocycles. The molecule has 2 heterocycles. The number of pyridine rings is 1. The van der Waals surface area contributed by atoms with Gasteiger partial charge in [-0.05, 0) is 18.2 Å². The van der Waals surface area contributed by atoms with E-state index in [1.165, 1.54) is 0 Å². The maximum Gasteiger partial charge on any atom is 0.231 e. The van der Waals surface area contributed by atoms with E-state index in [9.17, 15) is 0 Å². The fraction of sp³-hybridized carbons (Fsp3) is 0.214. The van der Waals surface area contributed by atoms with E-state index in [1.54, 1.807) is 12.4 Å². The van der Waals surface area contributed by atoms with Gasteiger partial charge in [-0.15, -0.1) is 0 Å². The zero-order chi connectivity index (χ0) is 13.8. The molecule has 0 fully saturated rings. The third-order valence-corrected chi connectivity index (χ3v) is 3.10. The molecule has 1 aliphatic rings. The number of fused-ring (bicyclic) bond motifs is 1. The molecule has 0 aliphatic carbocycles. The monoisotopic (exact) mass is 292 g/mol. The molecule has 0 unspecified atom stereocenters. The Balaban J connectivity index is 1.49. The van der Waals surface area contributed by atoms with Crippen LogP contribution in [0.15, 0.2) is 36.7 Å². The largest absolute Gasteiger partial charge is 0.492 e. The van der Waals surface area contributed by atoms with Gasteiger partial charge in [0.1, 0.15) is 12.4 Å². The molecule has 20 heavy (non-hydrogen) atoms. The van der Waals surface area contributed by atoms with Crippen molar-refractivity contribution in [3.8, 4) is 17.2 Å². The van der Waals surface area contributed by atoms with Gasteiger partial charge in [0.25, 0.3) is 0 Å². The van der Waals surface area contributed by atoms with Crippen LogP contribution >= 0.6 is 11.6 Å². The minimum atomic E-state index is 0.265. The van der Waals surface area contributed by atoms with Gasteiger partial charge in [-0.1, -0.05) is 11.6 Å². The first-order valence-corrected chi connectivity index (χ1v) is 6.56. The first-order chi connectivity index (χ1) is 9.83. The molecule has 0 saturated heterocycles. The molecule has 6 heteroatoms. The van der Waals surface area contributed by atoms with E-state index in [1.807, 2.05) is 24.3 Å². The molecule has 0 amide bonds. The third-order valence-electron chi connectivity index (χ3n) is 2.80. The van der Waals surface area contributed by atoms with Crippen LogP contribution in [0.4, 0.5) is 5.69 Å². The van der Waals surface area contributed by atoms with Crippen molar-refractivity contribution in [1.82, 2.24) is 4.98 Å². The average Bonchev–Trinajstić information content (AvgIpc) is 2.93. The highest BCUT2D eigenvalue weighted by molar-refractivity contribution is 6.33. The van der Waals surface area contributed by atoms with Crippen molar-refractivity contribution < 1.29 is 14.2 Å². The molecule has 1 aliphatic heterocycles. The number of rotatable bonds is 5. The molecular weight excluding hydrogens is 280 g/mol. The molecular formula is C14H13ClN2O3. The van der Waals surface area contributed by atoms with Crippen molar-refractivity contribution in [1.29, 1.82) is 0 Å². The van der Waals surface area contributed by atoms with E-state index >= 15 is 0 Å². The van der Waals surface area contributed by atoms with E-state index in [-0.39, 0.29) is 6.79 Å². The van der Waals surface area contributed by atoms with Crippen LogP contribution in [0.2, 0.25) is 5.02 Å². The summed E-state index contributed by atoms with van der Waals surface area (Å²) >= 11 is 5.99. The van der Waals surface area contributed by atoms with Gasteiger partial charge in [-0.25, -0.2) is 0 Å². The lowest BCUT2D eigenvalue weighted by molar-refractivity contribution is 0.174. The van der Waals surface area contributed by atoms with Crippen LogP contribution in [-0.4, -0.2) is 24.9 Å². The van der Waals surface area contributed by atoms with Crippen LogP contribution < -0.4 is 19.5 Å². The Kier molecular flexibility index (Phi) is 3.78. The Morgan fingerprint density at radius 3 is 3.05 bits per heavy atom. The van der Waals surface area contributed by atoms with Crippen LogP contribution in [0.1, 0.15) is 0 Å². The van der Waals surface area contributed by atoms with E-state index < -0.39 is 0 Å². The zero-order valence-corrected chi connectivity index (χ0v) is 11.4. The first kappa shape index (κ1) is 12.9. The molecule has 5 nitrogen and oxygen atoms in total. The number of aromatic nitrogens is 1. The van der Waals surface area contributed by atoms with Crippen LogP contribution in [-0.2, 0) is 0 Å². The first-order valence-electron chi connectivity index (χ1n) is 6.19. The third kappa shape index (κ3) is 2.88. The number of benzene rings is 1. The van der Waals surface area contributed by atoms with Gasteiger partial charge in [0, 0.05) is 25.0 Å². The molecule has 0 bridgehead atoms. The maximum absolute atomic E-state index is 5.99. The molecule has 0 atom stereocenters. The number of anilines is 1. The lowest BCUT2D eigenvalue weighted by Gasteiger charge is -2.09. The highest BCUT2D eigenvalue weighted by Crippen LogP contribution is 2.35. The highest BCUT2D eigenvalue weighted by atomic mass is 35.5. The lowest BCUT2D eigenvalue weighted by Crippen LogP contribution is -2.11. The summed E-state index contributed by atoms with van der Waals surface area (Å²) in [6, 6.07) is 7.34. The van der Waals surface area contributed by atoms with Gasteiger partial charge in [0.15, 0.2) is 11.5 Å². The second-order valence-corrected chi connectivity index (χ2v) is 4.55. The molecule has 104 valence electrons. The number of nitrogens with one attached hydrogen (secondary N) is 1. The molecule has 0 radical (unpaired) electrons. The van der Waals surface area contributed by atoms with E-state index in [0.717, 1.165) is 17.2 Å². The standard InChI is InChI=1S/C14H13ClN2O3/c15-11-8-16-4-3-12(11)17-5-6-18-10-1-2-13-14(7-10)20-9-19-13/h1-4,7-8H,5-6,9H2,(H,16,17). The van der Waals surface area contributed by atoms with Crippen molar-refractivity contribution in [2.75, 3.05) is 25.3 Å². The van der Waals surface area contributed by atoms with Crippen molar-refractivity contribution in [2.45, 2.75) is 0 Å². The van der Waals surface area contributed by atoms with E-state index in [0.29, 0.717) is 23.9 Å². The Labute approximate surface area is 121 Å².